The number of amides is 1. The molecule has 1 aromatic heterocycles. The number of hydrogen-bond donors (Lipinski definition) is 2. The van der Waals surface area contributed by atoms with E-state index in [1.165, 1.54) is 6.20 Å². The molecule has 0 atom stereocenters. The van der Waals surface area contributed by atoms with Gasteiger partial charge in [0.15, 0.2) is 6.61 Å². The van der Waals surface area contributed by atoms with Crippen LogP contribution in [0.25, 0.3) is 0 Å². The number of H-pyrrole nitrogens is 1. The minimum atomic E-state index is -4.43. The molecular formula is C9H10F3N3O2. The third-order valence-corrected chi connectivity index (χ3v) is 2.19. The molecule has 1 heterocycles. The standard InChI is InChI=1S/C9H10F3N3O2/c10-9(11,12)4-17-8-6(3-13-15-8)14-7(16)5-1-2-5/h3,5H,1-2,4H2,(H,13,15)(H,14,16). The van der Waals surface area contributed by atoms with Crippen molar-refractivity contribution in [2.24, 2.45) is 5.92 Å². The first-order chi connectivity index (χ1) is 7.96. The number of ether oxygens (including phenoxy) is 1. The van der Waals surface area contributed by atoms with Gasteiger partial charge in [0, 0.05) is 5.92 Å². The average molecular weight is 249 g/mol. The zero-order chi connectivity index (χ0) is 12.5. The van der Waals surface area contributed by atoms with Gasteiger partial charge < -0.3 is 10.1 Å². The molecule has 0 saturated heterocycles. The molecule has 1 aromatic rings. The summed E-state index contributed by atoms with van der Waals surface area (Å²) in [5, 5.41) is 8.24. The number of anilines is 1. The first-order valence-corrected chi connectivity index (χ1v) is 4.99. The van der Waals surface area contributed by atoms with Crippen LogP contribution < -0.4 is 10.1 Å². The summed E-state index contributed by atoms with van der Waals surface area (Å²) in [6.45, 7) is -1.43. The van der Waals surface area contributed by atoms with Gasteiger partial charge in [0.1, 0.15) is 5.69 Å². The lowest BCUT2D eigenvalue weighted by molar-refractivity contribution is -0.153. The Balaban J connectivity index is 1.93. The first-order valence-electron chi connectivity index (χ1n) is 4.99. The molecule has 8 heteroatoms. The molecule has 1 aliphatic carbocycles. The van der Waals surface area contributed by atoms with E-state index >= 15 is 0 Å². The van der Waals surface area contributed by atoms with E-state index in [-0.39, 0.29) is 23.4 Å². The highest BCUT2D eigenvalue weighted by Gasteiger charge is 2.31. The molecule has 0 aromatic carbocycles. The van der Waals surface area contributed by atoms with Crippen molar-refractivity contribution in [3.05, 3.63) is 6.20 Å². The molecule has 0 aliphatic heterocycles. The highest BCUT2D eigenvalue weighted by atomic mass is 19.4. The Kier molecular flexibility index (Phi) is 2.95. The van der Waals surface area contributed by atoms with Crippen LogP contribution in [0.2, 0.25) is 0 Å². The fourth-order valence-electron chi connectivity index (χ4n) is 1.21. The number of alkyl halides is 3. The van der Waals surface area contributed by atoms with Crippen LogP contribution in [-0.4, -0.2) is 28.9 Å². The van der Waals surface area contributed by atoms with Crippen LogP contribution >= 0.6 is 0 Å². The van der Waals surface area contributed by atoms with Crippen LogP contribution in [-0.2, 0) is 4.79 Å². The molecule has 0 spiro atoms. The molecule has 94 valence electrons. The lowest BCUT2D eigenvalue weighted by Crippen LogP contribution is -2.20. The molecule has 1 aliphatic rings. The number of aromatic nitrogens is 2. The third kappa shape index (κ3) is 3.36. The van der Waals surface area contributed by atoms with Gasteiger partial charge in [0.25, 0.3) is 0 Å². The third-order valence-electron chi connectivity index (χ3n) is 2.19. The maximum atomic E-state index is 11.9. The van der Waals surface area contributed by atoms with E-state index < -0.39 is 12.8 Å². The van der Waals surface area contributed by atoms with E-state index in [4.69, 9.17) is 0 Å². The van der Waals surface area contributed by atoms with Crippen LogP contribution in [0.5, 0.6) is 5.88 Å². The quantitative estimate of drug-likeness (QED) is 0.853. The number of nitrogens with zero attached hydrogens (tertiary/aromatic N) is 1. The zero-order valence-electron chi connectivity index (χ0n) is 8.67. The topological polar surface area (TPSA) is 67.0 Å². The predicted molar refractivity (Wildman–Crippen MR) is 51.5 cm³/mol. The zero-order valence-corrected chi connectivity index (χ0v) is 8.67. The molecule has 2 N–H and O–H groups in total. The Labute approximate surface area is 94.3 Å². The Bertz CT molecular complexity index is 412. The lowest BCUT2D eigenvalue weighted by Gasteiger charge is -2.09. The van der Waals surface area contributed by atoms with Gasteiger partial charge in [-0.15, -0.1) is 0 Å². The smallest absolute Gasteiger partial charge is 0.422 e. The summed E-state index contributed by atoms with van der Waals surface area (Å²) in [5.74, 6) is -0.444. The second-order valence-corrected chi connectivity index (χ2v) is 3.78. The Hall–Kier alpha value is -1.73. The van der Waals surface area contributed by atoms with Crippen LogP contribution in [0.15, 0.2) is 6.20 Å². The summed E-state index contributed by atoms with van der Waals surface area (Å²) in [4.78, 5) is 11.4. The van der Waals surface area contributed by atoms with E-state index in [9.17, 15) is 18.0 Å². The molecule has 0 radical (unpaired) electrons. The second-order valence-electron chi connectivity index (χ2n) is 3.78. The molecule has 2 rings (SSSR count). The van der Waals surface area contributed by atoms with Gasteiger partial charge in [-0.25, -0.2) is 5.10 Å². The molecule has 5 nitrogen and oxygen atoms in total. The highest BCUT2D eigenvalue weighted by Crippen LogP contribution is 2.31. The fourth-order valence-corrected chi connectivity index (χ4v) is 1.21. The second kappa shape index (κ2) is 4.27. The number of carbonyl (C=O) groups is 1. The van der Waals surface area contributed by atoms with E-state index in [1.807, 2.05) is 0 Å². The number of nitrogens with one attached hydrogen (secondary N) is 2. The van der Waals surface area contributed by atoms with Crippen LogP contribution in [0.4, 0.5) is 18.9 Å². The summed E-state index contributed by atoms with van der Waals surface area (Å²) < 4.78 is 40.3. The number of carbonyl (C=O) groups excluding carboxylic acids is 1. The van der Waals surface area contributed by atoms with Crippen LogP contribution in [0, 0.1) is 5.92 Å². The van der Waals surface area contributed by atoms with Crippen molar-refractivity contribution in [2.75, 3.05) is 11.9 Å². The van der Waals surface area contributed by atoms with Gasteiger partial charge in [-0.3, -0.25) is 4.79 Å². The minimum Gasteiger partial charge on any atom is -0.467 e. The van der Waals surface area contributed by atoms with E-state index in [0.29, 0.717) is 0 Å². The van der Waals surface area contributed by atoms with E-state index in [1.54, 1.807) is 0 Å². The summed E-state index contributed by atoms with van der Waals surface area (Å²) in [6.07, 6.45) is -1.60. The Morgan fingerprint density at radius 3 is 2.88 bits per heavy atom. The first kappa shape index (κ1) is 11.7. The maximum Gasteiger partial charge on any atom is 0.422 e. The number of aromatic amines is 1. The monoisotopic (exact) mass is 249 g/mol. The molecule has 1 saturated carbocycles. The van der Waals surface area contributed by atoms with Gasteiger partial charge in [0.2, 0.25) is 11.8 Å². The number of halogens is 3. The molecule has 1 amide bonds. The van der Waals surface area contributed by atoms with Crippen molar-refractivity contribution in [1.82, 2.24) is 10.2 Å². The van der Waals surface area contributed by atoms with Gasteiger partial charge in [-0.2, -0.15) is 18.3 Å². The van der Waals surface area contributed by atoms with Gasteiger partial charge in [0.05, 0.1) is 6.20 Å². The summed E-state index contributed by atoms with van der Waals surface area (Å²) in [6, 6.07) is 0. The average Bonchev–Trinajstić information content (AvgIpc) is 2.98. The minimum absolute atomic E-state index is 0.0413. The fraction of sp³-hybridized carbons (Fsp3) is 0.556. The molecule has 0 bridgehead atoms. The largest absolute Gasteiger partial charge is 0.467 e. The van der Waals surface area contributed by atoms with Crippen molar-refractivity contribution in [1.29, 1.82) is 0 Å². The highest BCUT2D eigenvalue weighted by molar-refractivity contribution is 5.94. The van der Waals surface area contributed by atoms with E-state index in [0.717, 1.165) is 12.8 Å². The van der Waals surface area contributed by atoms with E-state index in [2.05, 4.69) is 20.3 Å². The Morgan fingerprint density at radius 1 is 1.59 bits per heavy atom. The predicted octanol–water partition coefficient (Wildman–Crippen LogP) is 1.70. The normalized spacial score (nSPS) is 15.7. The number of hydrogen-bond acceptors (Lipinski definition) is 3. The molecular weight excluding hydrogens is 239 g/mol. The van der Waals surface area contributed by atoms with Gasteiger partial charge >= 0.3 is 6.18 Å². The van der Waals surface area contributed by atoms with Crippen molar-refractivity contribution in [3.8, 4) is 5.88 Å². The lowest BCUT2D eigenvalue weighted by atomic mass is 10.4. The molecule has 17 heavy (non-hydrogen) atoms. The van der Waals surface area contributed by atoms with Crippen molar-refractivity contribution < 1.29 is 22.7 Å². The van der Waals surface area contributed by atoms with Crippen LogP contribution in [0.3, 0.4) is 0 Å². The van der Waals surface area contributed by atoms with Crippen molar-refractivity contribution in [3.63, 3.8) is 0 Å². The molecule has 0 unspecified atom stereocenters. The summed E-state index contributed by atoms with van der Waals surface area (Å²) in [5.41, 5.74) is 0.131. The van der Waals surface area contributed by atoms with Crippen molar-refractivity contribution in [2.45, 2.75) is 19.0 Å². The SMILES string of the molecule is O=C(Nc1cn[nH]c1OCC(F)(F)F)C1CC1. The maximum absolute atomic E-state index is 11.9. The summed E-state index contributed by atoms with van der Waals surface area (Å²) in [7, 11) is 0. The van der Waals surface area contributed by atoms with Crippen molar-refractivity contribution >= 4 is 11.6 Å². The molecule has 1 fully saturated rings. The van der Waals surface area contributed by atoms with Gasteiger partial charge in [-0.05, 0) is 12.8 Å². The van der Waals surface area contributed by atoms with Gasteiger partial charge in [-0.1, -0.05) is 0 Å². The summed E-state index contributed by atoms with van der Waals surface area (Å²) >= 11 is 0. The van der Waals surface area contributed by atoms with Crippen LogP contribution in [0.1, 0.15) is 12.8 Å². The number of rotatable bonds is 4. The Morgan fingerprint density at radius 2 is 2.29 bits per heavy atom.